The lowest BCUT2D eigenvalue weighted by atomic mass is 10.0. The van der Waals surface area contributed by atoms with Crippen LogP contribution in [0.2, 0.25) is 5.02 Å². The van der Waals surface area contributed by atoms with Crippen molar-refractivity contribution in [1.29, 1.82) is 0 Å². The first kappa shape index (κ1) is 26.5. The first-order chi connectivity index (χ1) is 19.3. The molecule has 1 aliphatic rings. The summed E-state index contributed by atoms with van der Waals surface area (Å²) in [6, 6.07) is 10.3. The number of pyridine rings is 1. The number of hydrogen-bond acceptors (Lipinski definition) is 6. The van der Waals surface area contributed by atoms with Gasteiger partial charge in [0.1, 0.15) is 34.1 Å². The Kier molecular flexibility index (Phi) is 7.06. The molecule has 1 unspecified atom stereocenters. The first-order valence-electron chi connectivity index (χ1n) is 12.9. The molecule has 0 spiro atoms. The van der Waals surface area contributed by atoms with Crippen molar-refractivity contribution in [2.45, 2.75) is 38.9 Å². The lowest BCUT2D eigenvalue weighted by molar-refractivity contribution is 0.257. The van der Waals surface area contributed by atoms with Crippen LogP contribution in [0.1, 0.15) is 31.6 Å². The van der Waals surface area contributed by atoms with E-state index in [1.54, 1.807) is 48.9 Å². The molecule has 11 heteroatoms. The third kappa shape index (κ3) is 4.86. The molecule has 0 bridgehead atoms. The van der Waals surface area contributed by atoms with Crippen LogP contribution in [0, 0.1) is 12.7 Å². The quantitative estimate of drug-likeness (QED) is 0.203. The SMILES string of the molecule is Cc1nc2cnc3cc(F)c(-c4ccc(Oc5ncccn5)cc4Cl)cc3c2n1C1CCN(C(=S)C(C)F)CC1. The molecule has 1 saturated heterocycles. The molecule has 0 radical (unpaired) electrons. The standard InChI is InChI=1S/C29H25ClF2N6OS/c1-16(31)28(40)37-10-6-18(7-11-37)38-17(2)36-26-15-35-25-14-24(32)21(13-22(25)27(26)38)20-5-4-19(12-23(20)30)39-29-33-8-3-9-34-29/h3-5,8-9,12-16,18H,6-7,10-11H2,1-2H3. The van der Waals surface area contributed by atoms with Crippen LogP contribution in [0.4, 0.5) is 8.78 Å². The molecule has 0 saturated carbocycles. The highest BCUT2D eigenvalue weighted by molar-refractivity contribution is 7.80. The Morgan fingerprint density at radius 2 is 1.82 bits per heavy atom. The van der Waals surface area contributed by atoms with Gasteiger partial charge in [-0.1, -0.05) is 23.8 Å². The van der Waals surface area contributed by atoms with Gasteiger partial charge in [0.2, 0.25) is 0 Å². The van der Waals surface area contributed by atoms with E-state index in [-0.39, 0.29) is 12.1 Å². The lowest BCUT2D eigenvalue weighted by Gasteiger charge is -2.35. The molecule has 1 aliphatic heterocycles. The molecular weight excluding hydrogens is 554 g/mol. The third-order valence-corrected chi connectivity index (χ3v) is 8.14. The highest BCUT2D eigenvalue weighted by Crippen LogP contribution is 2.38. The third-order valence-electron chi connectivity index (χ3n) is 7.24. The Labute approximate surface area is 239 Å². The highest BCUT2D eigenvalue weighted by atomic mass is 35.5. The summed E-state index contributed by atoms with van der Waals surface area (Å²) >= 11 is 11.9. The molecule has 40 heavy (non-hydrogen) atoms. The fourth-order valence-electron chi connectivity index (χ4n) is 5.38. The summed E-state index contributed by atoms with van der Waals surface area (Å²) in [5.41, 5.74) is 3.01. The van der Waals surface area contributed by atoms with Crippen LogP contribution in [0.25, 0.3) is 33.1 Å². The number of thiocarbonyl (C=S) groups is 1. The number of halogens is 3. The first-order valence-corrected chi connectivity index (χ1v) is 13.7. The van der Waals surface area contributed by atoms with Gasteiger partial charge in [-0.15, -0.1) is 0 Å². The molecule has 0 N–H and O–H groups in total. The van der Waals surface area contributed by atoms with E-state index < -0.39 is 12.0 Å². The minimum Gasteiger partial charge on any atom is -0.424 e. The number of alkyl halides is 1. The zero-order valence-corrected chi connectivity index (χ0v) is 23.4. The van der Waals surface area contributed by atoms with Crippen molar-refractivity contribution < 1.29 is 13.5 Å². The van der Waals surface area contributed by atoms with E-state index in [9.17, 15) is 4.39 Å². The number of fused-ring (bicyclic) bond motifs is 3. The van der Waals surface area contributed by atoms with Crippen LogP contribution < -0.4 is 4.74 Å². The topological polar surface area (TPSA) is 69.0 Å². The van der Waals surface area contributed by atoms with Gasteiger partial charge < -0.3 is 14.2 Å². The van der Waals surface area contributed by atoms with Crippen molar-refractivity contribution in [3.8, 4) is 22.9 Å². The van der Waals surface area contributed by atoms with Crippen LogP contribution in [-0.2, 0) is 0 Å². The zero-order chi connectivity index (χ0) is 28.0. The van der Waals surface area contributed by atoms with Crippen LogP contribution in [0.5, 0.6) is 11.8 Å². The average Bonchev–Trinajstić information content (AvgIpc) is 3.29. The van der Waals surface area contributed by atoms with Gasteiger partial charge in [-0.2, -0.15) is 0 Å². The average molecular weight is 579 g/mol. The second-order valence-corrected chi connectivity index (χ2v) is 10.6. The molecule has 6 rings (SSSR count). The van der Waals surface area contributed by atoms with Gasteiger partial charge in [0.25, 0.3) is 0 Å². The van der Waals surface area contributed by atoms with E-state index in [1.165, 1.54) is 13.0 Å². The van der Waals surface area contributed by atoms with Gasteiger partial charge in [-0.25, -0.2) is 23.7 Å². The predicted octanol–water partition coefficient (Wildman–Crippen LogP) is 7.26. The number of benzene rings is 2. The van der Waals surface area contributed by atoms with Crippen molar-refractivity contribution in [2.24, 2.45) is 0 Å². The van der Waals surface area contributed by atoms with Gasteiger partial charge >= 0.3 is 6.01 Å². The van der Waals surface area contributed by atoms with Gasteiger partial charge in [0.15, 0.2) is 0 Å². The highest BCUT2D eigenvalue weighted by Gasteiger charge is 2.27. The van der Waals surface area contributed by atoms with E-state index in [2.05, 4.69) is 19.5 Å². The lowest BCUT2D eigenvalue weighted by Crippen LogP contribution is -2.41. The van der Waals surface area contributed by atoms with E-state index in [1.807, 2.05) is 11.8 Å². The second-order valence-electron chi connectivity index (χ2n) is 9.82. The molecule has 204 valence electrons. The van der Waals surface area contributed by atoms with Crippen LogP contribution in [-0.4, -0.2) is 53.7 Å². The summed E-state index contributed by atoms with van der Waals surface area (Å²) in [5, 5.41) is 1.10. The summed E-state index contributed by atoms with van der Waals surface area (Å²) < 4.78 is 37.1. The summed E-state index contributed by atoms with van der Waals surface area (Å²) in [6.45, 7) is 4.76. The van der Waals surface area contributed by atoms with Crippen LogP contribution >= 0.6 is 23.8 Å². The minimum atomic E-state index is -1.15. The van der Waals surface area contributed by atoms with Crippen molar-refractivity contribution in [1.82, 2.24) is 29.4 Å². The Bertz CT molecular complexity index is 1740. The predicted molar refractivity (Wildman–Crippen MR) is 155 cm³/mol. The number of rotatable bonds is 5. The number of ether oxygens (including phenoxy) is 1. The number of hydrogen-bond donors (Lipinski definition) is 0. The summed E-state index contributed by atoms with van der Waals surface area (Å²) in [4.78, 5) is 19.7. The molecule has 7 nitrogen and oxygen atoms in total. The number of aryl methyl sites for hydroxylation is 1. The van der Waals surface area contributed by atoms with Crippen molar-refractivity contribution >= 4 is 50.7 Å². The van der Waals surface area contributed by atoms with Gasteiger partial charge in [-0.3, -0.25) is 4.98 Å². The molecule has 5 aromatic rings. The summed E-state index contributed by atoms with van der Waals surface area (Å²) in [5.74, 6) is 0.843. The van der Waals surface area contributed by atoms with Crippen molar-refractivity contribution in [2.75, 3.05) is 13.1 Å². The number of imidazole rings is 1. The normalized spacial score (nSPS) is 15.1. The largest absolute Gasteiger partial charge is 0.424 e. The summed E-state index contributed by atoms with van der Waals surface area (Å²) in [7, 11) is 0. The Morgan fingerprint density at radius 1 is 1.07 bits per heavy atom. The molecule has 1 atom stereocenters. The molecule has 3 aromatic heterocycles. The molecule has 0 aliphatic carbocycles. The van der Waals surface area contributed by atoms with E-state index >= 15 is 4.39 Å². The van der Waals surface area contributed by atoms with Gasteiger partial charge in [-0.05, 0) is 51.0 Å². The number of piperidine rings is 1. The fourth-order valence-corrected chi connectivity index (χ4v) is 5.84. The number of aromatic nitrogens is 5. The van der Waals surface area contributed by atoms with Crippen LogP contribution in [0.3, 0.4) is 0 Å². The molecular formula is C29H25ClF2N6OS. The second kappa shape index (κ2) is 10.7. The molecule has 4 heterocycles. The maximum absolute atomic E-state index is 15.5. The zero-order valence-electron chi connectivity index (χ0n) is 21.8. The monoisotopic (exact) mass is 578 g/mol. The molecule has 2 aromatic carbocycles. The molecule has 0 amide bonds. The van der Waals surface area contributed by atoms with Crippen LogP contribution in [0.15, 0.2) is 55.0 Å². The smallest absolute Gasteiger partial charge is 0.321 e. The molecule has 1 fully saturated rings. The minimum absolute atomic E-state index is 0.137. The maximum Gasteiger partial charge on any atom is 0.321 e. The maximum atomic E-state index is 15.5. The summed E-state index contributed by atoms with van der Waals surface area (Å²) in [6.07, 6.45) is 5.26. The van der Waals surface area contributed by atoms with Crippen molar-refractivity contribution in [3.05, 3.63) is 71.7 Å². The van der Waals surface area contributed by atoms with Gasteiger partial charge in [0.05, 0.1) is 22.3 Å². The Morgan fingerprint density at radius 3 is 2.52 bits per heavy atom. The van der Waals surface area contributed by atoms with Gasteiger partial charge in [0, 0.05) is 60.2 Å². The Balaban J connectivity index is 1.39. The Hall–Kier alpha value is -3.76. The number of likely N-dealkylation sites (tertiary alicyclic amines) is 1. The van der Waals surface area contributed by atoms with E-state index in [0.29, 0.717) is 45.5 Å². The van der Waals surface area contributed by atoms with E-state index in [4.69, 9.17) is 33.5 Å². The van der Waals surface area contributed by atoms with E-state index in [0.717, 1.165) is 35.1 Å². The fraction of sp³-hybridized carbons (Fsp3) is 0.276. The van der Waals surface area contributed by atoms with Crippen molar-refractivity contribution in [3.63, 3.8) is 0 Å². The number of nitrogens with zero attached hydrogens (tertiary/aromatic N) is 6.